The molecular weight excluding hydrogens is 400 g/mol. The maximum absolute atomic E-state index is 13.7. The second-order valence-corrected chi connectivity index (χ2v) is 8.13. The zero-order valence-electron chi connectivity index (χ0n) is 17.9. The van der Waals surface area contributed by atoms with Crippen molar-refractivity contribution in [3.8, 4) is 5.75 Å². The molecule has 1 atom stereocenters. The predicted octanol–water partition coefficient (Wildman–Crippen LogP) is 2.16. The van der Waals surface area contributed by atoms with Gasteiger partial charge in [0.15, 0.2) is 5.69 Å². The van der Waals surface area contributed by atoms with E-state index in [1.54, 1.807) is 35.8 Å². The molecule has 9 nitrogen and oxygen atoms in total. The van der Waals surface area contributed by atoms with Gasteiger partial charge < -0.3 is 19.4 Å². The number of amides is 2. The molecule has 1 aromatic heterocycles. The largest absolute Gasteiger partial charge is 0.497 e. The van der Waals surface area contributed by atoms with E-state index in [0.717, 1.165) is 25.7 Å². The summed E-state index contributed by atoms with van der Waals surface area (Å²) in [6.07, 6.45) is 5.42. The summed E-state index contributed by atoms with van der Waals surface area (Å²) >= 11 is 0. The Bertz CT molecular complexity index is 1030. The smallest absolute Gasteiger partial charge is 0.359 e. The number of nitrogens with zero attached hydrogens (tertiary/aromatic N) is 3. The first-order chi connectivity index (χ1) is 14.9. The van der Waals surface area contributed by atoms with Gasteiger partial charge in [-0.25, -0.2) is 9.78 Å². The molecule has 2 aromatic rings. The number of carbonyl (C=O) groups excluding carboxylic acids is 3. The van der Waals surface area contributed by atoms with Crippen LogP contribution >= 0.6 is 0 Å². The third-order valence-corrected chi connectivity index (χ3v) is 6.08. The van der Waals surface area contributed by atoms with Crippen LogP contribution in [0.5, 0.6) is 5.75 Å². The van der Waals surface area contributed by atoms with Crippen molar-refractivity contribution in [2.45, 2.75) is 50.7 Å². The van der Waals surface area contributed by atoms with Crippen molar-refractivity contribution in [3.63, 3.8) is 0 Å². The quantitative estimate of drug-likeness (QED) is 0.735. The molecule has 2 aliphatic rings. The molecule has 0 saturated heterocycles. The highest BCUT2D eigenvalue weighted by atomic mass is 16.5. The summed E-state index contributed by atoms with van der Waals surface area (Å²) in [5.74, 6) is -0.890. The van der Waals surface area contributed by atoms with Crippen molar-refractivity contribution in [1.29, 1.82) is 0 Å². The molecule has 1 aliphatic carbocycles. The van der Waals surface area contributed by atoms with E-state index >= 15 is 0 Å². The summed E-state index contributed by atoms with van der Waals surface area (Å²) < 4.78 is 11.7. The second-order valence-electron chi connectivity index (χ2n) is 8.13. The van der Waals surface area contributed by atoms with Crippen LogP contribution < -0.4 is 15.0 Å². The number of nitrogens with one attached hydrogen (secondary N) is 1. The van der Waals surface area contributed by atoms with E-state index in [-0.39, 0.29) is 29.9 Å². The first kappa shape index (κ1) is 20.9. The molecular formula is C22H26N4O5. The zero-order chi connectivity index (χ0) is 22.2. The molecule has 1 aromatic carbocycles. The Labute approximate surface area is 180 Å². The van der Waals surface area contributed by atoms with E-state index < -0.39 is 17.4 Å². The Kier molecular flexibility index (Phi) is 5.43. The van der Waals surface area contributed by atoms with Crippen LogP contribution in [0, 0.1) is 0 Å². The number of methoxy groups -OCH3 is 2. The Morgan fingerprint density at radius 1 is 1.23 bits per heavy atom. The molecule has 0 spiro atoms. The SMILES string of the molecule is COC(=O)c1ncn2c1C(=O)N(c1cccc(OC)c1)C(C)(C(=O)NC1CCCC1)C2. The molecule has 164 valence electrons. The second kappa shape index (κ2) is 8.05. The van der Waals surface area contributed by atoms with E-state index in [2.05, 4.69) is 10.3 Å². The average Bonchev–Trinajstić information content (AvgIpc) is 3.43. The van der Waals surface area contributed by atoms with Crippen molar-refractivity contribution in [2.24, 2.45) is 0 Å². The topological polar surface area (TPSA) is 103 Å². The fraction of sp³-hybridized carbons (Fsp3) is 0.455. The van der Waals surface area contributed by atoms with E-state index in [1.165, 1.54) is 25.4 Å². The summed E-state index contributed by atoms with van der Waals surface area (Å²) in [4.78, 5) is 44.9. The fourth-order valence-corrected chi connectivity index (χ4v) is 4.44. The van der Waals surface area contributed by atoms with Gasteiger partial charge in [-0.3, -0.25) is 14.5 Å². The van der Waals surface area contributed by atoms with Gasteiger partial charge in [0.2, 0.25) is 5.91 Å². The van der Waals surface area contributed by atoms with Crippen molar-refractivity contribution < 1.29 is 23.9 Å². The number of hydrogen-bond acceptors (Lipinski definition) is 6. The van der Waals surface area contributed by atoms with Crippen molar-refractivity contribution in [1.82, 2.24) is 14.9 Å². The molecule has 1 unspecified atom stereocenters. The van der Waals surface area contributed by atoms with Crippen LogP contribution in [0.15, 0.2) is 30.6 Å². The highest BCUT2D eigenvalue weighted by Crippen LogP contribution is 2.35. The minimum atomic E-state index is -1.23. The Hall–Kier alpha value is -3.36. The molecule has 9 heteroatoms. The normalized spacial score (nSPS) is 21.0. The van der Waals surface area contributed by atoms with Crippen LogP contribution in [-0.4, -0.2) is 53.1 Å². The summed E-state index contributed by atoms with van der Waals surface area (Å²) in [5, 5.41) is 3.12. The lowest BCUT2D eigenvalue weighted by molar-refractivity contribution is -0.127. The molecule has 1 N–H and O–H groups in total. The summed E-state index contributed by atoms with van der Waals surface area (Å²) in [7, 11) is 2.77. The number of benzene rings is 1. The van der Waals surface area contributed by atoms with Gasteiger partial charge in [-0.2, -0.15) is 0 Å². The lowest BCUT2D eigenvalue weighted by Crippen LogP contribution is -2.65. The molecule has 0 bridgehead atoms. The lowest BCUT2D eigenvalue weighted by atomic mass is 9.92. The maximum Gasteiger partial charge on any atom is 0.359 e. The number of hydrogen-bond donors (Lipinski definition) is 1. The number of ether oxygens (including phenoxy) is 2. The van der Waals surface area contributed by atoms with Crippen molar-refractivity contribution in [3.05, 3.63) is 42.0 Å². The minimum absolute atomic E-state index is 0.0707. The van der Waals surface area contributed by atoms with Gasteiger partial charge in [0.1, 0.15) is 17.0 Å². The first-order valence-corrected chi connectivity index (χ1v) is 10.3. The number of fused-ring (bicyclic) bond motifs is 1. The van der Waals surface area contributed by atoms with Crippen LogP contribution in [0.1, 0.15) is 53.6 Å². The Morgan fingerprint density at radius 3 is 2.65 bits per heavy atom. The van der Waals surface area contributed by atoms with Crippen LogP contribution in [0.3, 0.4) is 0 Å². The van der Waals surface area contributed by atoms with Gasteiger partial charge in [0.25, 0.3) is 5.91 Å². The molecule has 1 aliphatic heterocycles. The molecule has 4 rings (SSSR count). The van der Waals surface area contributed by atoms with Crippen LogP contribution in [0.25, 0.3) is 0 Å². The first-order valence-electron chi connectivity index (χ1n) is 10.3. The Balaban J connectivity index is 1.81. The van der Waals surface area contributed by atoms with Gasteiger partial charge in [-0.15, -0.1) is 0 Å². The molecule has 31 heavy (non-hydrogen) atoms. The van der Waals surface area contributed by atoms with Gasteiger partial charge >= 0.3 is 5.97 Å². The van der Waals surface area contributed by atoms with E-state index in [9.17, 15) is 14.4 Å². The number of carbonyl (C=O) groups is 3. The summed E-state index contributed by atoms with van der Waals surface area (Å²) in [6.45, 7) is 1.88. The monoisotopic (exact) mass is 426 g/mol. The maximum atomic E-state index is 13.7. The zero-order valence-corrected chi connectivity index (χ0v) is 17.9. The third kappa shape index (κ3) is 3.54. The predicted molar refractivity (Wildman–Crippen MR) is 112 cm³/mol. The lowest BCUT2D eigenvalue weighted by Gasteiger charge is -2.44. The number of esters is 1. The number of aromatic nitrogens is 2. The van der Waals surface area contributed by atoms with E-state index in [4.69, 9.17) is 9.47 Å². The van der Waals surface area contributed by atoms with Gasteiger partial charge in [0, 0.05) is 17.8 Å². The summed E-state index contributed by atoms with van der Waals surface area (Å²) in [5.41, 5.74) is -0.705. The standard InChI is InChI=1S/C22H26N4O5/c1-22(21(29)24-14-7-4-5-8-14)12-25-13-23-17(20(28)31-3)18(25)19(27)26(22)15-9-6-10-16(11-15)30-2/h6,9-11,13-14H,4-5,7-8,12H2,1-3H3,(H,24,29). The molecule has 2 amide bonds. The Morgan fingerprint density at radius 2 is 1.97 bits per heavy atom. The van der Waals surface area contributed by atoms with Crippen molar-refractivity contribution in [2.75, 3.05) is 19.1 Å². The summed E-state index contributed by atoms with van der Waals surface area (Å²) in [6, 6.07) is 7.05. The highest BCUT2D eigenvalue weighted by molar-refractivity contribution is 6.15. The molecule has 0 radical (unpaired) electrons. The molecule has 1 fully saturated rings. The fourth-order valence-electron chi connectivity index (χ4n) is 4.44. The van der Waals surface area contributed by atoms with Crippen LogP contribution in [0.2, 0.25) is 0 Å². The number of anilines is 1. The average molecular weight is 426 g/mol. The van der Waals surface area contributed by atoms with Gasteiger partial charge in [0.05, 0.1) is 27.1 Å². The number of rotatable bonds is 5. The minimum Gasteiger partial charge on any atom is -0.497 e. The third-order valence-electron chi connectivity index (χ3n) is 6.08. The van der Waals surface area contributed by atoms with E-state index in [1.807, 2.05) is 0 Å². The molecule has 2 heterocycles. The number of imidazole rings is 1. The van der Waals surface area contributed by atoms with Crippen LogP contribution in [0.4, 0.5) is 5.69 Å². The molecule has 1 saturated carbocycles. The highest BCUT2D eigenvalue weighted by Gasteiger charge is 2.50. The van der Waals surface area contributed by atoms with Gasteiger partial charge in [-0.05, 0) is 31.9 Å². The van der Waals surface area contributed by atoms with Crippen LogP contribution in [-0.2, 0) is 16.1 Å². The van der Waals surface area contributed by atoms with Gasteiger partial charge in [-0.1, -0.05) is 18.9 Å². The van der Waals surface area contributed by atoms with Crippen molar-refractivity contribution >= 4 is 23.5 Å². The van der Waals surface area contributed by atoms with E-state index in [0.29, 0.717) is 11.4 Å².